The van der Waals surface area contributed by atoms with Crippen molar-refractivity contribution in [2.24, 2.45) is 4.99 Å². The van der Waals surface area contributed by atoms with Gasteiger partial charge in [-0.3, -0.25) is 0 Å². The van der Waals surface area contributed by atoms with Gasteiger partial charge in [-0.2, -0.15) is 0 Å². The summed E-state index contributed by atoms with van der Waals surface area (Å²) in [4.78, 5) is 5.09. The number of aliphatic imine (C=N–C) groups is 1. The second-order valence-electron chi connectivity index (χ2n) is 8.48. The van der Waals surface area contributed by atoms with Crippen LogP contribution in [0.2, 0.25) is 0 Å². The standard InChI is InChI=1S/C24H33N3O2S/c1-6-25-24(26-15-18-7-12-23(17(4)13-18)30(5,28)29)27-22-14-21(22)20-10-8-19(9-11-20)16(2)3/h7-13,16,21-22H,6,14-15H2,1-5H3,(H2,25,26,27). The van der Waals surface area contributed by atoms with Crippen molar-refractivity contribution in [2.75, 3.05) is 12.8 Å². The van der Waals surface area contributed by atoms with Crippen LogP contribution in [0.1, 0.15) is 61.3 Å². The third-order valence-electron chi connectivity index (χ3n) is 5.55. The first-order valence-electron chi connectivity index (χ1n) is 10.6. The molecular formula is C24H33N3O2S. The van der Waals surface area contributed by atoms with Gasteiger partial charge in [0.2, 0.25) is 0 Å². The molecule has 2 aromatic carbocycles. The highest BCUT2D eigenvalue weighted by Gasteiger charge is 2.39. The number of guanidine groups is 1. The Balaban J connectivity index is 1.64. The highest BCUT2D eigenvalue weighted by Crippen LogP contribution is 2.41. The number of aryl methyl sites for hydroxylation is 1. The summed E-state index contributed by atoms with van der Waals surface area (Å²) >= 11 is 0. The first-order chi connectivity index (χ1) is 14.2. The van der Waals surface area contributed by atoms with Crippen molar-refractivity contribution >= 4 is 15.8 Å². The van der Waals surface area contributed by atoms with Crippen LogP contribution in [0.25, 0.3) is 0 Å². The van der Waals surface area contributed by atoms with Crippen LogP contribution in [0.15, 0.2) is 52.4 Å². The zero-order valence-electron chi connectivity index (χ0n) is 18.6. The molecule has 1 aliphatic rings. The fourth-order valence-corrected chi connectivity index (χ4v) is 4.70. The molecule has 2 atom stereocenters. The number of hydrogen-bond acceptors (Lipinski definition) is 3. The van der Waals surface area contributed by atoms with Crippen molar-refractivity contribution in [1.29, 1.82) is 0 Å². The van der Waals surface area contributed by atoms with Crippen LogP contribution < -0.4 is 10.6 Å². The van der Waals surface area contributed by atoms with E-state index in [0.717, 1.165) is 30.1 Å². The minimum absolute atomic E-state index is 0.379. The van der Waals surface area contributed by atoms with Crippen LogP contribution in [0.5, 0.6) is 0 Å². The Morgan fingerprint density at radius 2 is 1.87 bits per heavy atom. The quantitative estimate of drug-likeness (QED) is 0.515. The number of rotatable bonds is 7. The van der Waals surface area contributed by atoms with E-state index < -0.39 is 9.84 Å². The highest BCUT2D eigenvalue weighted by molar-refractivity contribution is 7.90. The molecule has 0 bridgehead atoms. The Morgan fingerprint density at radius 1 is 1.17 bits per heavy atom. The van der Waals surface area contributed by atoms with Crippen molar-refractivity contribution in [2.45, 2.75) is 63.4 Å². The van der Waals surface area contributed by atoms with E-state index in [1.165, 1.54) is 17.4 Å². The Bertz CT molecular complexity index is 1010. The molecule has 6 heteroatoms. The molecule has 0 heterocycles. The summed E-state index contributed by atoms with van der Waals surface area (Å²) in [5.74, 6) is 1.87. The van der Waals surface area contributed by atoms with Gasteiger partial charge in [0.15, 0.2) is 15.8 Å². The third-order valence-corrected chi connectivity index (χ3v) is 6.80. The summed E-state index contributed by atoms with van der Waals surface area (Å²) < 4.78 is 23.6. The number of nitrogens with one attached hydrogen (secondary N) is 2. The minimum atomic E-state index is -3.20. The van der Waals surface area contributed by atoms with Crippen molar-refractivity contribution < 1.29 is 8.42 Å². The Kier molecular flexibility index (Phi) is 6.86. The Labute approximate surface area is 180 Å². The van der Waals surface area contributed by atoms with Gasteiger partial charge in [-0.05, 0) is 54.5 Å². The van der Waals surface area contributed by atoms with Crippen molar-refractivity contribution in [1.82, 2.24) is 10.6 Å². The van der Waals surface area contributed by atoms with Gasteiger partial charge in [-0.15, -0.1) is 0 Å². The van der Waals surface area contributed by atoms with Gasteiger partial charge < -0.3 is 10.6 Å². The van der Waals surface area contributed by atoms with E-state index in [2.05, 4.69) is 55.7 Å². The summed E-state index contributed by atoms with van der Waals surface area (Å²) in [7, 11) is -3.20. The van der Waals surface area contributed by atoms with Crippen molar-refractivity contribution in [3.8, 4) is 0 Å². The van der Waals surface area contributed by atoms with Gasteiger partial charge in [0.25, 0.3) is 0 Å². The van der Waals surface area contributed by atoms with Gasteiger partial charge in [0, 0.05) is 24.8 Å². The molecule has 1 saturated carbocycles. The molecule has 0 spiro atoms. The zero-order chi connectivity index (χ0) is 21.9. The molecular weight excluding hydrogens is 394 g/mol. The summed E-state index contributed by atoms with van der Waals surface area (Å²) in [6, 6.07) is 14.8. The summed E-state index contributed by atoms with van der Waals surface area (Å²) in [5, 5.41) is 6.85. The van der Waals surface area contributed by atoms with E-state index in [-0.39, 0.29) is 0 Å². The van der Waals surface area contributed by atoms with Gasteiger partial charge >= 0.3 is 0 Å². The predicted octanol–water partition coefficient (Wildman–Crippen LogP) is 4.13. The van der Waals surface area contributed by atoms with Crippen LogP contribution in [0.4, 0.5) is 0 Å². The topological polar surface area (TPSA) is 70.6 Å². The van der Waals surface area contributed by atoms with Gasteiger partial charge in [-0.25, -0.2) is 13.4 Å². The number of hydrogen-bond donors (Lipinski definition) is 2. The van der Waals surface area contributed by atoms with Crippen LogP contribution >= 0.6 is 0 Å². The molecule has 0 aliphatic heterocycles. The van der Waals surface area contributed by atoms with E-state index in [0.29, 0.717) is 29.3 Å². The smallest absolute Gasteiger partial charge is 0.191 e. The third kappa shape index (κ3) is 5.63. The van der Waals surface area contributed by atoms with Crippen LogP contribution in [0.3, 0.4) is 0 Å². The van der Waals surface area contributed by atoms with E-state index in [1.807, 2.05) is 19.1 Å². The highest BCUT2D eigenvalue weighted by atomic mass is 32.2. The predicted molar refractivity (Wildman–Crippen MR) is 124 cm³/mol. The summed E-state index contributed by atoms with van der Waals surface area (Å²) in [6.07, 6.45) is 2.34. The monoisotopic (exact) mass is 427 g/mol. The van der Waals surface area contributed by atoms with Crippen LogP contribution in [0, 0.1) is 6.92 Å². The maximum atomic E-state index is 11.8. The summed E-state index contributed by atoms with van der Waals surface area (Å²) in [5.41, 5.74) is 4.50. The molecule has 3 rings (SSSR count). The van der Waals surface area contributed by atoms with Gasteiger partial charge in [-0.1, -0.05) is 50.2 Å². The minimum Gasteiger partial charge on any atom is -0.357 e. The number of nitrogens with zero attached hydrogens (tertiary/aromatic N) is 1. The van der Waals surface area contributed by atoms with Crippen LogP contribution in [-0.2, 0) is 16.4 Å². The number of sulfone groups is 1. The maximum Gasteiger partial charge on any atom is 0.191 e. The normalized spacial score (nSPS) is 19.1. The summed E-state index contributed by atoms with van der Waals surface area (Å²) in [6.45, 7) is 9.60. The lowest BCUT2D eigenvalue weighted by molar-refractivity contribution is 0.601. The first-order valence-corrected chi connectivity index (χ1v) is 12.5. The second-order valence-corrected chi connectivity index (χ2v) is 10.5. The molecule has 1 aliphatic carbocycles. The molecule has 0 saturated heterocycles. The van der Waals surface area contributed by atoms with E-state index >= 15 is 0 Å². The largest absolute Gasteiger partial charge is 0.357 e. The first kappa shape index (κ1) is 22.3. The van der Waals surface area contributed by atoms with Gasteiger partial charge in [0.05, 0.1) is 11.4 Å². The fourth-order valence-electron chi connectivity index (χ4n) is 3.74. The lowest BCUT2D eigenvalue weighted by atomic mass is 10.0. The molecule has 0 aromatic heterocycles. The van der Waals surface area contributed by atoms with Crippen molar-refractivity contribution in [3.05, 3.63) is 64.7 Å². The van der Waals surface area contributed by atoms with Crippen molar-refractivity contribution in [3.63, 3.8) is 0 Å². The molecule has 2 aromatic rings. The molecule has 5 nitrogen and oxygen atoms in total. The zero-order valence-corrected chi connectivity index (χ0v) is 19.4. The lowest BCUT2D eigenvalue weighted by Gasteiger charge is -2.12. The molecule has 1 fully saturated rings. The molecule has 30 heavy (non-hydrogen) atoms. The SMILES string of the molecule is CCNC(=NCc1ccc(S(C)(=O)=O)c(C)c1)NC1CC1c1ccc(C(C)C)cc1. The maximum absolute atomic E-state index is 11.8. The average molecular weight is 428 g/mol. The Hall–Kier alpha value is -2.34. The van der Waals surface area contributed by atoms with E-state index in [1.54, 1.807) is 6.07 Å². The fraction of sp³-hybridized carbons (Fsp3) is 0.458. The second kappa shape index (κ2) is 9.21. The molecule has 0 amide bonds. The van der Waals surface area contributed by atoms with E-state index in [4.69, 9.17) is 4.99 Å². The molecule has 2 N–H and O–H groups in total. The molecule has 0 radical (unpaired) electrons. The molecule has 162 valence electrons. The lowest BCUT2D eigenvalue weighted by Crippen LogP contribution is -2.39. The molecule has 2 unspecified atom stereocenters. The average Bonchev–Trinajstić information content (AvgIpc) is 3.44. The number of benzene rings is 2. The Morgan fingerprint density at radius 3 is 2.43 bits per heavy atom. The van der Waals surface area contributed by atoms with E-state index in [9.17, 15) is 8.42 Å². The van der Waals surface area contributed by atoms with Crippen LogP contribution in [-0.4, -0.2) is 33.2 Å². The van der Waals surface area contributed by atoms with Gasteiger partial charge in [0.1, 0.15) is 0 Å².